The summed E-state index contributed by atoms with van der Waals surface area (Å²) in [4.78, 5) is 11.2. The number of hydrogen-bond donors (Lipinski definition) is 0. The fraction of sp³-hybridized carbons (Fsp3) is 0.375. The highest BCUT2D eigenvalue weighted by atomic mass is 16.7. The summed E-state index contributed by atoms with van der Waals surface area (Å²) in [6, 6.07) is 4.86. The third kappa shape index (κ3) is 1.72. The van der Waals surface area contributed by atoms with Crippen LogP contribution in [0.2, 0.25) is 0 Å². The Balaban J connectivity index is 3.00. The summed E-state index contributed by atoms with van der Waals surface area (Å²) in [6.07, 6.45) is 0.971. The van der Waals surface area contributed by atoms with E-state index in [2.05, 4.69) is 0 Å². The van der Waals surface area contributed by atoms with Gasteiger partial charge >= 0.3 is 0 Å². The average Bonchev–Trinajstić information content (AvgIpc) is 2.10. The number of hydrogen-bond acceptors (Lipinski definition) is 3. The van der Waals surface area contributed by atoms with Crippen molar-refractivity contribution in [2.24, 2.45) is 0 Å². The molecule has 0 amide bonds. The Bertz CT molecular complexity index is 290. The van der Waals surface area contributed by atoms with Crippen molar-refractivity contribution < 1.29 is 9.47 Å². The van der Waals surface area contributed by atoms with Gasteiger partial charge in [0.05, 0.1) is 0 Å². The van der Waals surface area contributed by atoms with Crippen molar-refractivity contribution in [1.29, 1.82) is 0 Å². The minimum atomic E-state index is -0.640. The number of rotatable bonds is 3. The maximum absolute atomic E-state index is 11.2. The molecule has 0 bridgehead atoms. The van der Waals surface area contributed by atoms with E-state index < -0.39 is 6.41 Å². The monoisotopic (exact) mass is 169 g/mol. The smallest absolute Gasteiger partial charge is 0.254 e. The summed E-state index contributed by atoms with van der Waals surface area (Å²) >= 11 is 0. The van der Waals surface area contributed by atoms with Crippen molar-refractivity contribution in [2.75, 3.05) is 14.2 Å². The van der Waals surface area contributed by atoms with Crippen LogP contribution in [0.4, 0.5) is 0 Å². The van der Waals surface area contributed by atoms with Gasteiger partial charge in [-0.05, 0) is 6.07 Å². The molecule has 0 aliphatic heterocycles. The van der Waals surface area contributed by atoms with E-state index in [4.69, 9.17) is 9.47 Å². The number of pyridine rings is 1. The number of methoxy groups -OCH3 is 2. The zero-order valence-electron chi connectivity index (χ0n) is 7.06. The lowest BCUT2D eigenvalue weighted by atomic mass is 10.5. The van der Waals surface area contributed by atoms with E-state index in [1.165, 1.54) is 24.9 Å². The van der Waals surface area contributed by atoms with Gasteiger partial charge in [0.1, 0.15) is 0 Å². The molecule has 0 fully saturated rings. The Kier molecular flexibility index (Phi) is 3.01. The van der Waals surface area contributed by atoms with Crippen LogP contribution in [-0.4, -0.2) is 18.8 Å². The summed E-state index contributed by atoms with van der Waals surface area (Å²) < 4.78 is 11.2. The molecule has 0 aliphatic carbocycles. The van der Waals surface area contributed by atoms with Gasteiger partial charge in [-0.3, -0.25) is 9.36 Å². The van der Waals surface area contributed by atoms with E-state index in [0.717, 1.165) is 0 Å². The first-order valence-corrected chi connectivity index (χ1v) is 3.52. The molecule has 0 aromatic carbocycles. The van der Waals surface area contributed by atoms with E-state index in [9.17, 15) is 4.79 Å². The molecule has 0 saturated carbocycles. The van der Waals surface area contributed by atoms with Gasteiger partial charge in [-0.1, -0.05) is 6.07 Å². The predicted molar refractivity (Wildman–Crippen MR) is 43.8 cm³/mol. The molecule has 4 nitrogen and oxygen atoms in total. The molecule has 0 spiro atoms. The number of aromatic nitrogens is 1. The van der Waals surface area contributed by atoms with Gasteiger partial charge in [-0.2, -0.15) is 0 Å². The first-order valence-electron chi connectivity index (χ1n) is 3.52. The van der Waals surface area contributed by atoms with E-state index >= 15 is 0 Å². The topological polar surface area (TPSA) is 40.5 Å². The first kappa shape index (κ1) is 8.96. The SMILES string of the molecule is COC(OC)n1ccccc1=O. The molecule has 0 unspecified atom stereocenters. The molecular weight excluding hydrogens is 158 g/mol. The largest absolute Gasteiger partial charge is 0.338 e. The van der Waals surface area contributed by atoms with Gasteiger partial charge in [0.25, 0.3) is 5.56 Å². The third-order valence-electron chi connectivity index (χ3n) is 1.48. The summed E-state index contributed by atoms with van der Waals surface area (Å²) in [7, 11) is 2.96. The van der Waals surface area contributed by atoms with Crippen molar-refractivity contribution in [1.82, 2.24) is 4.57 Å². The molecule has 12 heavy (non-hydrogen) atoms. The van der Waals surface area contributed by atoms with Gasteiger partial charge in [-0.15, -0.1) is 0 Å². The molecule has 1 aromatic rings. The van der Waals surface area contributed by atoms with Crippen LogP contribution in [0.3, 0.4) is 0 Å². The second-order valence-corrected chi connectivity index (χ2v) is 2.22. The van der Waals surface area contributed by atoms with Crippen LogP contribution in [0.15, 0.2) is 29.2 Å². The van der Waals surface area contributed by atoms with E-state index in [1.54, 1.807) is 18.3 Å². The highest BCUT2D eigenvalue weighted by molar-refractivity contribution is 4.93. The molecule has 1 heterocycles. The Hall–Kier alpha value is -1.13. The van der Waals surface area contributed by atoms with E-state index in [0.29, 0.717) is 0 Å². The van der Waals surface area contributed by atoms with Crippen molar-refractivity contribution >= 4 is 0 Å². The van der Waals surface area contributed by atoms with Gasteiger partial charge < -0.3 is 9.47 Å². The molecule has 0 radical (unpaired) electrons. The van der Waals surface area contributed by atoms with E-state index in [1.807, 2.05) is 0 Å². The number of ether oxygens (including phenoxy) is 2. The summed E-state index contributed by atoms with van der Waals surface area (Å²) in [5.74, 6) is 0. The lowest BCUT2D eigenvalue weighted by molar-refractivity contribution is -0.157. The van der Waals surface area contributed by atoms with Crippen LogP contribution in [0, 0.1) is 0 Å². The van der Waals surface area contributed by atoms with Gasteiger partial charge in [0.2, 0.25) is 6.41 Å². The quantitative estimate of drug-likeness (QED) is 0.622. The maximum atomic E-state index is 11.2. The highest BCUT2D eigenvalue weighted by Crippen LogP contribution is 2.02. The normalized spacial score (nSPS) is 10.6. The molecule has 0 atom stereocenters. The third-order valence-corrected chi connectivity index (χ3v) is 1.48. The second-order valence-electron chi connectivity index (χ2n) is 2.22. The molecule has 1 aromatic heterocycles. The van der Waals surface area contributed by atoms with Gasteiger partial charge in [0, 0.05) is 26.5 Å². The first-order chi connectivity index (χ1) is 5.79. The predicted octanol–water partition coefficient (Wildman–Crippen LogP) is 0.597. The molecule has 66 valence electrons. The average molecular weight is 169 g/mol. The Morgan fingerprint density at radius 2 is 2.00 bits per heavy atom. The minimum absolute atomic E-state index is 0.147. The molecule has 1 rings (SSSR count). The highest BCUT2D eigenvalue weighted by Gasteiger charge is 2.06. The summed E-state index contributed by atoms with van der Waals surface area (Å²) in [5.41, 5.74) is -0.147. The van der Waals surface area contributed by atoms with Crippen LogP contribution >= 0.6 is 0 Å². The number of nitrogens with zero attached hydrogens (tertiary/aromatic N) is 1. The van der Waals surface area contributed by atoms with Crippen molar-refractivity contribution in [3.8, 4) is 0 Å². The summed E-state index contributed by atoms with van der Waals surface area (Å²) in [6.45, 7) is 0. The molecule has 0 N–H and O–H groups in total. The van der Waals surface area contributed by atoms with Crippen molar-refractivity contribution in [3.63, 3.8) is 0 Å². The Morgan fingerprint density at radius 3 is 2.50 bits per heavy atom. The van der Waals surface area contributed by atoms with Crippen LogP contribution in [0.1, 0.15) is 6.41 Å². The molecule has 0 aliphatic rings. The lowest BCUT2D eigenvalue weighted by Crippen LogP contribution is -2.25. The Morgan fingerprint density at radius 1 is 1.33 bits per heavy atom. The van der Waals surface area contributed by atoms with Crippen LogP contribution in [0.25, 0.3) is 0 Å². The lowest BCUT2D eigenvalue weighted by Gasteiger charge is -2.15. The molecule has 4 heteroatoms. The van der Waals surface area contributed by atoms with Gasteiger partial charge in [-0.25, -0.2) is 0 Å². The van der Waals surface area contributed by atoms with Crippen molar-refractivity contribution in [2.45, 2.75) is 6.41 Å². The van der Waals surface area contributed by atoms with E-state index in [-0.39, 0.29) is 5.56 Å². The van der Waals surface area contributed by atoms with Crippen LogP contribution < -0.4 is 5.56 Å². The van der Waals surface area contributed by atoms with Crippen LogP contribution in [-0.2, 0) is 9.47 Å². The van der Waals surface area contributed by atoms with Gasteiger partial charge in [0.15, 0.2) is 0 Å². The molecular formula is C8H11NO3. The summed E-state index contributed by atoms with van der Waals surface area (Å²) in [5, 5.41) is 0. The Labute approximate surface area is 70.3 Å². The second kappa shape index (κ2) is 4.04. The minimum Gasteiger partial charge on any atom is -0.338 e. The van der Waals surface area contributed by atoms with Crippen LogP contribution in [0.5, 0.6) is 0 Å². The fourth-order valence-electron chi connectivity index (χ4n) is 0.937. The maximum Gasteiger partial charge on any atom is 0.254 e. The van der Waals surface area contributed by atoms with Crippen molar-refractivity contribution in [3.05, 3.63) is 34.7 Å². The fourth-order valence-corrected chi connectivity index (χ4v) is 0.937. The zero-order valence-corrected chi connectivity index (χ0v) is 7.06. The molecule has 0 saturated heterocycles. The standard InChI is InChI=1S/C8H11NO3/c1-11-8(12-2)9-6-4-3-5-7(9)10/h3-6,8H,1-2H3. The zero-order chi connectivity index (χ0) is 8.97.